The molecule has 3 rings (SSSR count). The average molecular weight is 353 g/mol. The molecule has 0 bridgehead atoms. The van der Waals surface area contributed by atoms with E-state index in [0.29, 0.717) is 17.7 Å². The lowest BCUT2D eigenvalue weighted by molar-refractivity contribution is -0.127. The van der Waals surface area contributed by atoms with Gasteiger partial charge in [0.1, 0.15) is 6.61 Å². The maximum absolute atomic E-state index is 12.2. The normalized spacial score (nSPS) is 27.5. The molecule has 1 saturated carbocycles. The number of carbonyl (C=O) groups excluding carboxylic acids is 1. The molecule has 2 aliphatic rings. The van der Waals surface area contributed by atoms with Crippen molar-refractivity contribution in [2.45, 2.75) is 50.5 Å². The molecule has 1 aromatic rings. The van der Waals surface area contributed by atoms with Crippen LogP contribution in [-0.2, 0) is 16.1 Å². The van der Waals surface area contributed by atoms with Crippen LogP contribution in [0.4, 0.5) is 0 Å². The third-order valence-electron chi connectivity index (χ3n) is 4.88. The zero-order chi connectivity index (χ0) is 16.9. The van der Waals surface area contributed by atoms with E-state index in [-0.39, 0.29) is 24.7 Å². The molecule has 132 valence electrons. The first kappa shape index (κ1) is 17.7. The number of halogens is 1. The topological polar surface area (TPSA) is 61.8 Å². The summed E-state index contributed by atoms with van der Waals surface area (Å²) in [5, 5.41) is 13.5. The minimum atomic E-state index is -0.219. The molecule has 1 aromatic carbocycles. The number of hydrogen-bond acceptors (Lipinski definition) is 4. The number of likely N-dealkylation sites (tertiary alicyclic amines) is 1. The monoisotopic (exact) mass is 352 g/mol. The highest BCUT2D eigenvalue weighted by Gasteiger charge is 2.36. The maximum Gasteiger partial charge on any atom is 0.246 e. The second-order valence-corrected chi connectivity index (χ2v) is 7.17. The first-order valence-corrected chi connectivity index (χ1v) is 9.03. The fourth-order valence-electron chi connectivity index (χ4n) is 3.75. The summed E-state index contributed by atoms with van der Waals surface area (Å²) in [6.07, 6.45) is 3.81. The maximum atomic E-state index is 12.2. The Labute approximate surface area is 147 Å². The number of amides is 1. The van der Waals surface area contributed by atoms with Crippen LogP contribution in [0.3, 0.4) is 0 Å². The predicted molar refractivity (Wildman–Crippen MR) is 92.9 cm³/mol. The smallest absolute Gasteiger partial charge is 0.246 e. The zero-order valence-corrected chi connectivity index (χ0v) is 14.5. The predicted octanol–water partition coefficient (Wildman–Crippen LogP) is 1.96. The van der Waals surface area contributed by atoms with Crippen molar-refractivity contribution in [3.05, 3.63) is 34.9 Å². The molecule has 2 N–H and O–H groups in total. The van der Waals surface area contributed by atoms with Gasteiger partial charge in [0.2, 0.25) is 5.91 Å². The lowest BCUT2D eigenvalue weighted by Crippen LogP contribution is -2.49. The van der Waals surface area contributed by atoms with Crippen LogP contribution in [0, 0.1) is 0 Å². The van der Waals surface area contributed by atoms with Crippen molar-refractivity contribution in [1.29, 1.82) is 0 Å². The number of ether oxygens (including phenoxy) is 1. The van der Waals surface area contributed by atoms with Gasteiger partial charge in [0.15, 0.2) is 0 Å². The van der Waals surface area contributed by atoms with E-state index < -0.39 is 0 Å². The van der Waals surface area contributed by atoms with Crippen molar-refractivity contribution in [1.82, 2.24) is 10.2 Å². The number of aliphatic hydroxyl groups is 1. The molecule has 1 aliphatic carbocycles. The Morgan fingerprint density at radius 2 is 2.25 bits per heavy atom. The second kappa shape index (κ2) is 8.30. The van der Waals surface area contributed by atoms with Crippen LogP contribution in [0.15, 0.2) is 24.3 Å². The highest BCUT2D eigenvalue weighted by atomic mass is 35.5. The number of β-amino-alcohol motifs (C(OH)–C–C–N with tert-alkyl or cyclic N) is 1. The van der Waals surface area contributed by atoms with Crippen LogP contribution in [0.5, 0.6) is 0 Å². The molecule has 6 heteroatoms. The SMILES string of the molecule is O=C(COCc1cccc(Cl)c1)N[C@@H]1CCC[C@@H]1N1CCC(O)C1. The quantitative estimate of drug-likeness (QED) is 0.821. The van der Waals surface area contributed by atoms with Gasteiger partial charge >= 0.3 is 0 Å². The van der Waals surface area contributed by atoms with Crippen molar-refractivity contribution in [2.24, 2.45) is 0 Å². The third-order valence-corrected chi connectivity index (χ3v) is 5.12. The fraction of sp³-hybridized carbons (Fsp3) is 0.611. The molecule has 0 aromatic heterocycles. The molecule has 0 radical (unpaired) electrons. The molecular formula is C18H25ClN2O3. The number of nitrogens with one attached hydrogen (secondary N) is 1. The van der Waals surface area contributed by atoms with Crippen LogP contribution in [0.2, 0.25) is 5.02 Å². The summed E-state index contributed by atoms with van der Waals surface area (Å²) in [6.45, 7) is 2.07. The van der Waals surface area contributed by atoms with Gasteiger partial charge in [-0.05, 0) is 43.4 Å². The Morgan fingerprint density at radius 1 is 1.38 bits per heavy atom. The van der Waals surface area contributed by atoms with E-state index in [4.69, 9.17) is 16.3 Å². The van der Waals surface area contributed by atoms with Gasteiger partial charge in [-0.3, -0.25) is 9.69 Å². The number of aliphatic hydroxyl groups excluding tert-OH is 1. The van der Waals surface area contributed by atoms with Gasteiger partial charge < -0.3 is 15.2 Å². The fourth-order valence-corrected chi connectivity index (χ4v) is 3.96. The number of hydrogen-bond donors (Lipinski definition) is 2. The summed E-state index contributed by atoms with van der Waals surface area (Å²) in [7, 11) is 0. The largest absolute Gasteiger partial charge is 0.392 e. The van der Waals surface area contributed by atoms with E-state index in [1.54, 1.807) is 0 Å². The molecule has 1 amide bonds. The Kier molecular flexibility index (Phi) is 6.11. The van der Waals surface area contributed by atoms with Crippen LogP contribution >= 0.6 is 11.6 Å². The lowest BCUT2D eigenvalue weighted by Gasteiger charge is -2.29. The van der Waals surface area contributed by atoms with Gasteiger partial charge in [-0.1, -0.05) is 23.7 Å². The molecule has 3 atom stereocenters. The van der Waals surface area contributed by atoms with Crippen molar-refractivity contribution >= 4 is 17.5 Å². The summed E-state index contributed by atoms with van der Waals surface area (Å²) in [6, 6.07) is 7.96. The third kappa shape index (κ3) is 4.70. The summed E-state index contributed by atoms with van der Waals surface area (Å²) in [5.41, 5.74) is 0.958. The standard InChI is InChI=1S/C18H25ClN2O3/c19-14-4-1-3-13(9-14)11-24-12-18(23)20-16-5-2-6-17(16)21-8-7-15(22)10-21/h1,3-4,9,15-17,22H,2,5-8,10-12H2,(H,20,23)/t15?,16-,17+/m1/s1. The van der Waals surface area contributed by atoms with Gasteiger partial charge in [0, 0.05) is 30.2 Å². The number of nitrogens with zero attached hydrogens (tertiary/aromatic N) is 1. The molecule has 24 heavy (non-hydrogen) atoms. The van der Waals surface area contributed by atoms with Gasteiger partial charge in [0.05, 0.1) is 12.7 Å². The van der Waals surface area contributed by atoms with E-state index in [2.05, 4.69) is 10.2 Å². The average Bonchev–Trinajstić information content (AvgIpc) is 3.16. The molecule has 1 saturated heterocycles. The molecule has 1 unspecified atom stereocenters. The van der Waals surface area contributed by atoms with E-state index in [9.17, 15) is 9.90 Å². The number of rotatable bonds is 6. The van der Waals surface area contributed by atoms with Crippen LogP contribution in [0.1, 0.15) is 31.2 Å². The van der Waals surface area contributed by atoms with E-state index in [1.807, 2.05) is 24.3 Å². The van der Waals surface area contributed by atoms with E-state index in [0.717, 1.165) is 44.3 Å². The summed E-state index contributed by atoms with van der Waals surface area (Å²) < 4.78 is 5.50. The van der Waals surface area contributed by atoms with Gasteiger partial charge in [0.25, 0.3) is 0 Å². The van der Waals surface area contributed by atoms with E-state index in [1.165, 1.54) is 0 Å². The zero-order valence-electron chi connectivity index (χ0n) is 13.8. The highest BCUT2D eigenvalue weighted by molar-refractivity contribution is 6.30. The van der Waals surface area contributed by atoms with Gasteiger partial charge in [-0.2, -0.15) is 0 Å². The Bertz CT molecular complexity index is 569. The van der Waals surface area contributed by atoms with Crippen LogP contribution < -0.4 is 5.32 Å². The minimum Gasteiger partial charge on any atom is -0.392 e. The second-order valence-electron chi connectivity index (χ2n) is 6.73. The molecule has 0 spiro atoms. The Morgan fingerprint density at radius 3 is 3.00 bits per heavy atom. The first-order valence-electron chi connectivity index (χ1n) is 8.65. The van der Waals surface area contributed by atoms with Crippen LogP contribution in [-0.4, -0.2) is 53.8 Å². The molecule has 1 aliphatic heterocycles. The Hall–Kier alpha value is -1.14. The van der Waals surface area contributed by atoms with Crippen molar-refractivity contribution < 1.29 is 14.6 Å². The molecular weight excluding hydrogens is 328 g/mol. The van der Waals surface area contributed by atoms with Crippen molar-refractivity contribution in [3.63, 3.8) is 0 Å². The number of benzene rings is 1. The summed E-state index contributed by atoms with van der Waals surface area (Å²) in [5.74, 6) is -0.0753. The van der Waals surface area contributed by atoms with Crippen LogP contribution in [0.25, 0.3) is 0 Å². The Balaban J connectivity index is 1.42. The molecule has 1 heterocycles. The highest BCUT2D eigenvalue weighted by Crippen LogP contribution is 2.27. The van der Waals surface area contributed by atoms with Crippen molar-refractivity contribution in [2.75, 3.05) is 19.7 Å². The summed E-state index contributed by atoms with van der Waals surface area (Å²) in [4.78, 5) is 14.5. The molecule has 5 nitrogen and oxygen atoms in total. The first-order chi connectivity index (χ1) is 11.6. The lowest BCUT2D eigenvalue weighted by atomic mass is 10.1. The van der Waals surface area contributed by atoms with Gasteiger partial charge in [-0.15, -0.1) is 0 Å². The van der Waals surface area contributed by atoms with E-state index >= 15 is 0 Å². The van der Waals surface area contributed by atoms with Gasteiger partial charge in [-0.25, -0.2) is 0 Å². The number of carbonyl (C=O) groups is 1. The van der Waals surface area contributed by atoms with Crippen molar-refractivity contribution in [3.8, 4) is 0 Å². The molecule has 2 fully saturated rings. The minimum absolute atomic E-state index is 0.0539. The summed E-state index contributed by atoms with van der Waals surface area (Å²) >= 11 is 5.93.